The van der Waals surface area contributed by atoms with Crippen molar-refractivity contribution in [2.75, 3.05) is 56.4 Å². The second-order valence-electron chi connectivity index (χ2n) is 4.42. The summed E-state index contributed by atoms with van der Waals surface area (Å²) in [5, 5.41) is 0. The molecular formula is C8H24N4O2P2. The van der Waals surface area contributed by atoms with Crippen molar-refractivity contribution in [1.29, 1.82) is 0 Å². The van der Waals surface area contributed by atoms with Crippen LogP contribution in [0.2, 0.25) is 0 Å². The van der Waals surface area contributed by atoms with E-state index in [1.807, 2.05) is 0 Å². The van der Waals surface area contributed by atoms with E-state index in [-0.39, 0.29) is 0 Å². The molecule has 0 unspecified atom stereocenters. The van der Waals surface area contributed by atoms with Gasteiger partial charge in [-0.3, -0.25) is 9.13 Å². The number of nitrogens with zero attached hydrogens (tertiary/aromatic N) is 4. The molecule has 0 atom stereocenters. The molecule has 0 aromatic heterocycles. The molecular weight excluding hydrogens is 246 g/mol. The Bertz CT molecular complexity index is 272. The second kappa shape index (κ2) is 5.30. The average Bonchev–Trinajstić information content (AvgIpc) is 2.13. The van der Waals surface area contributed by atoms with Crippen LogP contribution in [0.15, 0.2) is 0 Å². The third-order valence-corrected chi connectivity index (χ3v) is 13.6. The number of rotatable bonds is 5. The van der Waals surface area contributed by atoms with E-state index >= 15 is 0 Å². The summed E-state index contributed by atoms with van der Waals surface area (Å²) in [6.07, 6.45) is 0. The molecule has 0 aliphatic heterocycles. The summed E-state index contributed by atoms with van der Waals surface area (Å²) in [6, 6.07) is 0. The van der Waals surface area contributed by atoms with E-state index in [2.05, 4.69) is 0 Å². The first kappa shape index (κ1) is 16.3. The maximum atomic E-state index is 13.0. The molecule has 0 spiro atoms. The molecule has 0 amide bonds. The Kier molecular flexibility index (Phi) is 5.40. The van der Waals surface area contributed by atoms with Gasteiger partial charge in [0, 0.05) is 0 Å². The molecule has 0 aliphatic rings. The van der Waals surface area contributed by atoms with E-state index in [9.17, 15) is 9.13 Å². The fraction of sp³-hybridized carbons (Fsp3) is 1.00. The highest BCUT2D eigenvalue weighted by Crippen LogP contribution is 2.84. The molecule has 0 aliphatic carbocycles. The lowest BCUT2D eigenvalue weighted by atomic mass is 11.3. The summed E-state index contributed by atoms with van der Waals surface area (Å²) in [5.74, 6) is 0. The zero-order valence-corrected chi connectivity index (χ0v) is 13.3. The fourth-order valence-corrected chi connectivity index (χ4v) is 10.5. The first-order valence-electron chi connectivity index (χ1n) is 4.94. The van der Waals surface area contributed by atoms with Crippen LogP contribution in [0.25, 0.3) is 0 Å². The van der Waals surface area contributed by atoms with E-state index in [1.54, 1.807) is 75.1 Å². The molecule has 98 valence electrons. The van der Waals surface area contributed by atoms with Crippen LogP contribution in [0, 0.1) is 0 Å². The number of hydrogen-bond acceptors (Lipinski definition) is 2. The van der Waals surface area contributed by atoms with Crippen LogP contribution in [0.5, 0.6) is 0 Å². The summed E-state index contributed by atoms with van der Waals surface area (Å²) in [5.41, 5.74) is 0. The predicted octanol–water partition coefficient (Wildman–Crippen LogP) is 1.53. The molecule has 0 saturated carbocycles. The third-order valence-electron chi connectivity index (χ3n) is 2.42. The first-order chi connectivity index (χ1) is 7.02. The van der Waals surface area contributed by atoms with Gasteiger partial charge >= 0.3 is 0 Å². The topological polar surface area (TPSA) is 47.1 Å². The van der Waals surface area contributed by atoms with Crippen LogP contribution in [0.4, 0.5) is 0 Å². The first-order valence-corrected chi connectivity index (χ1v) is 8.87. The third kappa shape index (κ3) is 2.28. The van der Waals surface area contributed by atoms with Crippen LogP contribution >= 0.6 is 14.3 Å². The monoisotopic (exact) mass is 270 g/mol. The van der Waals surface area contributed by atoms with Gasteiger partial charge in [-0.15, -0.1) is 0 Å². The molecule has 0 aromatic rings. The molecule has 0 heterocycles. The van der Waals surface area contributed by atoms with Gasteiger partial charge in [0.05, 0.1) is 0 Å². The highest BCUT2D eigenvalue weighted by Gasteiger charge is 2.51. The zero-order valence-electron chi connectivity index (χ0n) is 11.5. The summed E-state index contributed by atoms with van der Waals surface area (Å²) >= 11 is 0. The molecule has 0 saturated heterocycles. The molecule has 0 N–H and O–H groups in total. The zero-order chi connectivity index (χ0) is 13.3. The van der Waals surface area contributed by atoms with Crippen LogP contribution in [-0.4, -0.2) is 75.1 Å². The van der Waals surface area contributed by atoms with E-state index in [0.717, 1.165) is 0 Å². The van der Waals surface area contributed by atoms with Crippen molar-refractivity contribution < 1.29 is 9.13 Å². The van der Waals surface area contributed by atoms with Gasteiger partial charge in [-0.2, -0.15) is 0 Å². The molecule has 0 aromatic carbocycles. The number of hydrogen-bond donors (Lipinski definition) is 0. The molecule has 6 nitrogen and oxygen atoms in total. The van der Waals surface area contributed by atoms with Gasteiger partial charge < -0.3 is 0 Å². The minimum absolute atomic E-state index is 1.56. The van der Waals surface area contributed by atoms with Gasteiger partial charge in [-0.25, -0.2) is 18.7 Å². The van der Waals surface area contributed by atoms with Gasteiger partial charge in [0.15, 0.2) is 0 Å². The summed E-state index contributed by atoms with van der Waals surface area (Å²) in [7, 11) is 7.31. The van der Waals surface area contributed by atoms with Crippen molar-refractivity contribution in [1.82, 2.24) is 18.7 Å². The Morgan fingerprint density at radius 2 is 0.625 bits per heavy atom. The summed E-state index contributed by atoms with van der Waals surface area (Å²) < 4.78 is 32.3. The van der Waals surface area contributed by atoms with Gasteiger partial charge in [0.1, 0.15) is 0 Å². The Morgan fingerprint density at radius 1 is 0.500 bits per heavy atom. The SMILES string of the molecule is CN(C)P(=O)(N(C)C)P(=O)(N(C)C)N(C)C. The standard InChI is InChI=1S/C8H24N4O2P2/c1-9(2)15(13,10(3)4)16(14,11(5)6)12(7)8/h1-8H3. The lowest BCUT2D eigenvalue weighted by molar-refractivity contribution is 0.424. The molecule has 0 radical (unpaired) electrons. The lowest BCUT2D eigenvalue weighted by Gasteiger charge is -2.42. The molecule has 8 heteroatoms. The highest BCUT2D eigenvalue weighted by atomic mass is 32.1. The van der Waals surface area contributed by atoms with Crippen molar-refractivity contribution >= 4 is 14.3 Å². The molecule has 16 heavy (non-hydrogen) atoms. The quantitative estimate of drug-likeness (QED) is 0.706. The van der Waals surface area contributed by atoms with E-state index in [1.165, 1.54) is 0 Å². The lowest BCUT2D eigenvalue weighted by Crippen LogP contribution is -2.30. The smallest absolute Gasteiger partial charge is 0.278 e. The Hall–Kier alpha value is 0.300. The minimum Gasteiger partial charge on any atom is -0.278 e. The summed E-state index contributed by atoms with van der Waals surface area (Å²) in [6.45, 7) is 0. The van der Waals surface area contributed by atoms with Gasteiger partial charge in [-0.1, -0.05) is 0 Å². The largest absolute Gasteiger partial charge is 0.300 e. The molecule has 0 fully saturated rings. The van der Waals surface area contributed by atoms with E-state index < -0.39 is 14.3 Å². The molecule has 0 bridgehead atoms. The predicted molar refractivity (Wildman–Crippen MR) is 70.0 cm³/mol. The van der Waals surface area contributed by atoms with Crippen molar-refractivity contribution in [3.8, 4) is 0 Å². The maximum absolute atomic E-state index is 13.0. The Morgan fingerprint density at radius 3 is 0.688 bits per heavy atom. The van der Waals surface area contributed by atoms with Crippen LogP contribution in [-0.2, 0) is 9.13 Å². The average molecular weight is 270 g/mol. The van der Waals surface area contributed by atoms with Gasteiger partial charge in [0.2, 0.25) is 0 Å². The van der Waals surface area contributed by atoms with Gasteiger partial charge in [-0.05, 0) is 56.4 Å². The van der Waals surface area contributed by atoms with E-state index in [4.69, 9.17) is 0 Å². The normalized spacial score (nSPS) is 14.5. The fourth-order valence-electron chi connectivity index (χ4n) is 1.65. The Balaban J connectivity index is 5.87. The van der Waals surface area contributed by atoms with Crippen molar-refractivity contribution in [2.24, 2.45) is 0 Å². The minimum atomic E-state index is -3.12. The van der Waals surface area contributed by atoms with Crippen molar-refractivity contribution in [3.63, 3.8) is 0 Å². The maximum Gasteiger partial charge on any atom is 0.300 e. The van der Waals surface area contributed by atoms with Crippen molar-refractivity contribution in [2.45, 2.75) is 0 Å². The van der Waals surface area contributed by atoms with Crippen LogP contribution in [0.3, 0.4) is 0 Å². The highest BCUT2D eigenvalue weighted by molar-refractivity contribution is 8.31. The van der Waals surface area contributed by atoms with E-state index in [0.29, 0.717) is 0 Å². The molecule has 0 rings (SSSR count). The summed E-state index contributed by atoms with van der Waals surface area (Å²) in [4.78, 5) is 0. The Labute approximate surface area is 99.0 Å². The van der Waals surface area contributed by atoms with Gasteiger partial charge in [0.25, 0.3) is 14.3 Å². The van der Waals surface area contributed by atoms with Crippen molar-refractivity contribution in [3.05, 3.63) is 0 Å². The van der Waals surface area contributed by atoms with Crippen LogP contribution < -0.4 is 0 Å². The van der Waals surface area contributed by atoms with Crippen LogP contribution in [0.1, 0.15) is 0 Å². The second-order valence-corrected chi connectivity index (χ2v) is 12.8.